The Kier molecular flexibility index (Phi) is 5.82. The Hall–Kier alpha value is -5.60. The van der Waals surface area contributed by atoms with Gasteiger partial charge in [0.15, 0.2) is 5.58 Å². The van der Waals surface area contributed by atoms with E-state index in [1.165, 1.54) is 21.9 Å². The minimum atomic E-state index is 0.873. The zero-order valence-corrected chi connectivity index (χ0v) is 22.9. The van der Waals surface area contributed by atoms with Crippen molar-refractivity contribution in [3.05, 3.63) is 164 Å². The van der Waals surface area contributed by atoms with Gasteiger partial charge >= 0.3 is 0 Å². The van der Waals surface area contributed by atoms with E-state index in [1.807, 2.05) is 0 Å². The summed E-state index contributed by atoms with van der Waals surface area (Å²) < 4.78 is 6.83. The second-order valence-corrected chi connectivity index (χ2v) is 10.6. The van der Waals surface area contributed by atoms with Gasteiger partial charge in [-0.1, -0.05) is 121 Å². The quantitative estimate of drug-likeness (QED) is 0.217. The third kappa shape index (κ3) is 4.13. The SMILES string of the molecule is c1ccc(-c2ccc(N(c3ccccc3)c3c(-c4ccccc4)ccc4c3oc3cc5ccccc5cc34)cc2)cc1. The Bertz CT molecular complexity index is 2160. The summed E-state index contributed by atoms with van der Waals surface area (Å²) in [6, 6.07) is 57.8. The van der Waals surface area contributed by atoms with Crippen LogP contribution in [0.1, 0.15) is 0 Å². The fraction of sp³-hybridized carbons (Fsp3) is 0. The van der Waals surface area contributed by atoms with Gasteiger partial charge in [-0.3, -0.25) is 0 Å². The first-order valence-corrected chi connectivity index (χ1v) is 14.3. The van der Waals surface area contributed by atoms with Gasteiger partial charge < -0.3 is 9.32 Å². The van der Waals surface area contributed by atoms with E-state index in [0.717, 1.165) is 50.1 Å². The summed E-state index contributed by atoms with van der Waals surface area (Å²) in [6.07, 6.45) is 0. The Labute approximate surface area is 244 Å². The van der Waals surface area contributed by atoms with Crippen molar-refractivity contribution in [2.75, 3.05) is 4.90 Å². The van der Waals surface area contributed by atoms with Crippen LogP contribution in [0.25, 0.3) is 55.0 Å². The van der Waals surface area contributed by atoms with E-state index in [9.17, 15) is 0 Å². The predicted molar refractivity (Wildman–Crippen MR) is 177 cm³/mol. The van der Waals surface area contributed by atoms with Crippen molar-refractivity contribution in [1.82, 2.24) is 0 Å². The second kappa shape index (κ2) is 10.1. The van der Waals surface area contributed by atoms with Crippen molar-refractivity contribution < 1.29 is 4.42 Å². The number of hydrogen-bond donors (Lipinski definition) is 0. The van der Waals surface area contributed by atoms with Gasteiger partial charge in [-0.2, -0.15) is 0 Å². The molecule has 0 N–H and O–H groups in total. The molecule has 0 saturated carbocycles. The first-order chi connectivity index (χ1) is 20.8. The van der Waals surface area contributed by atoms with Gasteiger partial charge in [-0.05, 0) is 69.9 Å². The summed E-state index contributed by atoms with van der Waals surface area (Å²) in [7, 11) is 0. The van der Waals surface area contributed by atoms with Crippen molar-refractivity contribution in [2.45, 2.75) is 0 Å². The summed E-state index contributed by atoms with van der Waals surface area (Å²) >= 11 is 0. The van der Waals surface area contributed by atoms with Crippen molar-refractivity contribution in [3.8, 4) is 22.3 Å². The van der Waals surface area contributed by atoms with Crippen LogP contribution in [0, 0.1) is 0 Å². The van der Waals surface area contributed by atoms with Gasteiger partial charge in [0, 0.05) is 27.7 Å². The average Bonchev–Trinajstić information content (AvgIpc) is 3.43. The number of furan rings is 1. The second-order valence-electron chi connectivity index (χ2n) is 10.6. The first kappa shape index (κ1) is 24.2. The van der Waals surface area contributed by atoms with Crippen LogP contribution in [0.15, 0.2) is 168 Å². The molecule has 2 nitrogen and oxygen atoms in total. The molecular weight excluding hydrogens is 510 g/mol. The maximum absolute atomic E-state index is 6.83. The third-order valence-corrected chi connectivity index (χ3v) is 8.04. The molecule has 1 aromatic heterocycles. The molecule has 198 valence electrons. The lowest BCUT2D eigenvalue weighted by Crippen LogP contribution is -2.11. The Morgan fingerprint density at radius 3 is 1.64 bits per heavy atom. The Balaban J connectivity index is 1.43. The highest BCUT2D eigenvalue weighted by atomic mass is 16.3. The van der Waals surface area contributed by atoms with Crippen molar-refractivity contribution >= 4 is 49.8 Å². The number of benzene rings is 7. The van der Waals surface area contributed by atoms with Crippen LogP contribution in [0.5, 0.6) is 0 Å². The number of hydrogen-bond acceptors (Lipinski definition) is 2. The number of fused-ring (bicyclic) bond motifs is 4. The number of anilines is 3. The molecule has 0 aliphatic carbocycles. The lowest BCUT2D eigenvalue weighted by Gasteiger charge is -2.28. The molecule has 0 amide bonds. The Morgan fingerprint density at radius 1 is 0.405 bits per heavy atom. The molecule has 0 bridgehead atoms. The van der Waals surface area contributed by atoms with Gasteiger partial charge in [-0.15, -0.1) is 0 Å². The van der Waals surface area contributed by atoms with E-state index >= 15 is 0 Å². The zero-order valence-electron chi connectivity index (χ0n) is 22.9. The summed E-state index contributed by atoms with van der Waals surface area (Å²) in [5, 5.41) is 4.60. The smallest absolute Gasteiger partial charge is 0.160 e. The minimum Gasteiger partial charge on any atom is -0.454 e. The van der Waals surface area contributed by atoms with E-state index in [4.69, 9.17) is 4.42 Å². The zero-order chi connectivity index (χ0) is 27.9. The highest BCUT2D eigenvalue weighted by Gasteiger charge is 2.24. The van der Waals surface area contributed by atoms with Crippen LogP contribution in [0.4, 0.5) is 17.1 Å². The molecule has 8 rings (SSSR count). The number of nitrogens with zero attached hydrogens (tertiary/aromatic N) is 1. The van der Waals surface area contributed by atoms with Gasteiger partial charge in [0.1, 0.15) is 5.58 Å². The fourth-order valence-corrected chi connectivity index (χ4v) is 6.00. The molecule has 1 heterocycles. The van der Waals surface area contributed by atoms with E-state index in [-0.39, 0.29) is 0 Å². The van der Waals surface area contributed by atoms with Gasteiger partial charge in [0.05, 0.1) is 5.69 Å². The van der Waals surface area contributed by atoms with Crippen LogP contribution in [0.3, 0.4) is 0 Å². The average molecular weight is 538 g/mol. The molecule has 0 unspecified atom stereocenters. The first-order valence-electron chi connectivity index (χ1n) is 14.3. The maximum atomic E-state index is 6.83. The normalized spacial score (nSPS) is 11.3. The van der Waals surface area contributed by atoms with Gasteiger partial charge in [0.25, 0.3) is 0 Å². The molecule has 42 heavy (non-hydrogen) atoms. The maximum Gasteiger partial charge on any atom is 0.160 e. The van der Waals surface area contributed by atoms with Crippen molar-refractivity contribution in [3.63, 3.8) is 0 Å². The molecule has 0 spiro atoms. The molecule has 0 radical (unpaired) electrons. The van der Waals surface area contributed by atoms with Crippen LogP contribution in [0.2, 0.25) is 0 Å². The van der Waals surface area contributed by atoms with Gasteiger partial charge in [0.2, 0.25) is 0 Å². The van der Waals surface area contributed by atoms with E-state index in [2.05, 4.69) is 169 Å². The van der Waals surface area contributed by atoms with Crippen molar-refractivity contribution in [2.24, 2.45) is 0 Å². The molecule has 0 aliphatic rings. The monoisotopic (exact) mass is 537 g/mol. The summed E-state index contributed by atoms with van der Waals surface area (Å²) in [6.45, 7) is 0. The summed E-state index contributed by atoms with van der Waals surface area (Å²) in [5.74, 6) is 0. The predicted octanol–water partition coefficient (Wildman–Crippen LogP) is 11.5. The molecule has 0 fully saturated rings. The van der Waals surface area contributed by atoms with E-state index < -0.39 is 0 Å². The molecular formula is C40H27NO. The van der Waals surface area contributed by atoms with E-state index in [1.54, 1.807) is 0 Å². The number of para-hydroxylation sites is 1. The third-order valence-electron chi connectivity index (χ3n) is 8.04. The lowest BCUT2D eigenvalue weighted by molar-refractivity contribution is 0.670. The summed E-state index contributed by atoms with van der Waals surface area (Å²) in [5.41, 5.74) is 9.56. The molecule has 0 atom stereocenters. The topological polar surface area (TPSA) is 16.4 Å². The fourth-order valence-electron chi connectivity index (χ4n) is 6.00. The van der Waals surface area contributed by atoms with Crippen LogP contribution in [-0.2, 0) is 0 Å². The van der Waals surface area contributed by atoms with Crippen LogP contribution < -0.4 is 4.90 Å². The molecule has 2 heteroatoms. The van der Waals surface area contributed by atoms with Gasteiger partial charge in [-0.25, -0.2) is 0 Å². The Morgan fingerprint density at radius 2 is 0.952 bits per heavy atom. The highest BCUT2D eigenvalue weighted by Crippen LogP contribution is 2.48. The van der Waals surface area contributed by atoms with Crippen LogP contribution in [-0.4, -0.2) is 0 Å². The lowest BCUT2D eigenvalue weighted by atomic mass is 9.98. The van der Waals surface area contributed by atoms with Crippen molar-refractivity contribution in [1.29, 1.82) is 0 Å². The molecule has 7 aromatic carbocycles. The molecule has 0 aliphatic heterocycles. The standard InChI is InChI=1S/C40H27NO/c1-4-12-28(13-5-1)29-20-22-34(23-21-29)41(33-18-8-3-9-19-33)39-35(30-14-6-2-7-15-30)24-25-36-37-26-31-16-10-11-17-32(31)27-38(37)42-40(36)39/h1-27H. The number of rotatable bonds is 5. The molecule has 8 aromatic rings. The van der Waals surface area contributed by atoms with Crippen LogP contribution >= 0.6 is 0 Å². The summed E-state index contributed by atoms with van der Waals surface area (Å²) in [4.78, 5) is 2.33. The highest BCUT2D eigenvalue weighted by molar-refractivity contribution is 6.16. The minimum absolute atomic E-state index is 0.873. The van der Waals surface area contributed by atoms with E-state index in [0.29, 0.717) is 0 Å². The molecule has 0 saturated heterocycles. The largest absolute Gasteiger partial charge is 0.454 e.